The van der Waals surface area contributed by atoms with E-state index >= 15 is 0 Å². The lowest BCUT2D eigenvalue weighted by molar-refractivity contribution is -0.131. The van der Waals surface area contributed by atoms with Crippen molar-refractivity contribution in [3.05, 3.63) is 35.9 Å². The number of amides is 1. The van der Waals surface area contributed by atoms with Gasteiger partial charge in [0.2, 0.25) is 5.91 Å². The van der Waals surface area contributed by atoms with Crippen LogP contribution < -0.4 is 5.73 Å². The van der Waals surface area contributed by atoms with Crippen molar-refractivity contribution in [3.8, 4) is 0 Å². The summed E-state index contributed by atoms with van der Waals surface area (Å²) in [5, 5.41) is 0. The third kappa shape index (κ3) is 6.03. The Morgan fingerprint density at radius 2 is 1.94 bits per heavy atom. The fourth-order valence-electron chi connectivity index (χ4n) is 1.77. The smallest absolute Gasteiger partial charge is 0.224 e. The van der Waals surface area contributed by atoms with Gasteiger partial charge in [-0.25, -0.2) is 0 Å². The molecular weight excluding hydrogens is 248 g/mol. The van der Waals surface area contributed by atoms with Crippen molar-refractivity contribution in [1.29, 1.82) is 0 Å². The van der Waals surface area contributed by atoms with Crippen LogP contribution in [0.4, 0.5) is 0 Å². The van der Waals surface area contributed by atoms with Crippen LogP contribution in [0.2, 0.25) is 0 Å². The SMILES string of the molecule is CCN(CCc1ccccc1)C(=O)CC(C)N.Cl. The molecule has 102 valence electrons. The van der Waals surface area contributed by atoms with E-state index in [4.69, 9.17) is 5.73 Å². The van der Waals surface area contributed by atoms with E-state index in [-0.39, 0.29) is 24.4 Å². The summed E-state index contributed by atoms with van der Waals surface area (Å²) in [6.45, 7) is 5.39. The van der Waals surface area contributed by atoms with E-state index in [0.717, 1.165) is 19.5 Å². The molecule has 4 heteroatoms. The van der Waals surface area contributed by atoms with Gasteiger partial charge in [0, 0.05) is 25.6 Å². The zero-order valence-electron chi connectivity index (χ0n) is 11.1. The van der Waals surface area contributed by atoms with Gasteiger partial charge in [-0.15, -0.1) is 12.4 Å². The molecule has 0 radical (unpaired) electrons. The maximum absolute atomic E-state index is 11.9. The standard InChI is InChI=1S/C14H22N2O.ClH/c1-3-16(14(17)11-12(2)15)10-9-13-7-5-4-6-8-13;/h4-8,12H,3,9-11,15H2,1-2H3;1H. The molecule has 1 atom stereocenters. The van der Waals surface area contributed by atoms with Crippen LogP contribution in [0, 0.1) is 0 Å². The fourth-order valence-corrected chi connectivity index (χ4v) is 1.77. The fraction of sp³-hybridized carbons (Fsp3) is 0.500. The van der Waals surface area contributed by atoms with Gasteiger partial charge in [0.15, 0.2) is 0 Å². The quantitative estimate of drug-likeness (QED) is 0.862. The molecule has 0 heterocycles. The molecule has 1 unspecified atom stereocenters. The van der Waals surface area contributed by atoms with Gasteiger partial charge in [-0.1, -0.05) is 30.3 Å². The topological polar surface area (TPSA) is 46.3 Å². The maximum Gasteiger partial charge on any atom is 0.224 e. The van der Waals surface area contributed by atoms with E-state index in [1.807, 2.05) is 36.9 Å². The van der Waals surface area contributed by atoms with Gasteiger partial charge >= 0.3 is 0 Å². The summed E-state index contributed by atoms with van der Waals surface area (Å²) in [4.78, 5) is 13.7. The van der Waals surface area contributed by atoms with Gasteiger partial charge in [0.05, 0.1) is 0 Å². The molecule has 3 nitrogen and oxygen atoms in total. The van der Waals surface area contributed by atoms with Crippen molar-refractivity contribution < 1.29 is 4.79 Å². The lowest BCUT2D eigenvalue weighted by atomic mass is 10.1. The van der Waals surface area contributed by atoms with E-state index in [0.29, 0.717) is 6.42 Å². The molecule has 2 N–H and O–H groups in total. The van der Waals surface area contributed by atoms with Crippen LogP contribution >= 0.6 is 12.4 Å². The number of benzene rings is 1. The summed E-state index contributed by atoms with van der Waals surface area (Å²) in [5.41, 5.74) is 6.91. The number of rotatable bonds is 6. The van der Waals surface area contributed by atoms with Gasteiger partial charge in [-0.05, 0) is 25.8 Å². The molecule has 1 aromatic carbocycles. The highest BCUT2D eigenvalue weighted by atomic mass is 35.5. The normalized spacial score (nSPS) is 11.5. The monoisotopic (exact) mass is 270 g/mol. The average molecular weight is 271 g/mol. The molecule has 0 fully saturated rings. The molecule has 1 rings (SSSR count). The van der Waals surface area contributed by atoms with Gasteiger partial charge in [-0.3, -0.25) is 4.79 Å². The Labute approximate surface area is 116 Å². The number of hydrogen-bond donors (Lipinski definition) is 1. The molecule has 0 saturated heterocycles. The largest absolute Gasteiger partial charge is 0.343 e. The first kappa shape index (κ1) is 16.9. The molecule has 0 spiro atoms. The van der Waals surface area contributed by atoms with Gasteiger partial charge in [0.1, 0.15) is 0 Å². The van der Waals surface area contributed by atoms with Crippen molar-refractivity contribution >= 4 is 18.3 Å². The highest BCUT2D eigenvalue weighted by Gasteiger charge is 2.12. The summed E-state index contributed by atoms with van der Waals surface area (Å²) in [6, 6.07) is 10.2. The van der Waals surface area contributed by atoms with E-state index < -0.39 is 0 Å². The highest BCUT2D eigenvalue weighted by molar-refractivity contribution is 5.85. The first-order valence-corrected chi connectivity index (χ1v) is 6.20. The number of nitrogens with zero attached hydrogens (tertiary/aromatic N) is 1. The summed E-state index contributed by atoms with van der Waals surface area (Å²) < 4.78 is 0. The van der Waals surface area contributed by atoms with Crippen LogP contribution in [-0.4, -0.2) is 29.9 Å². The number of nitrogens with two attached hydrogens (primary N) is 1. The zero-order chi connectivity index (χ0) is 12.7. The van der Waals surface area contributed by atoms with Crippen molar-refractivity contribution in [1.82, 2.24) is 4.90 Å². The highest BCUT2D eigenvalue weighted by Crippen LogP contribution is 2.03. The lowest BCUT2D eigenvalue weighted by Crippen LogP contribution is -2.36. The van der Waals surface area contributed by atoms with Crippen molar-refractivity contribution in [2.45, 2.75) is 32.7 Å². The second-order valence-corrected chi connectivity index (χ2v) is 4.39. The minimum absolute atomic E-state index is 0. The minimum Gasteiger partial charge on any atom is -0.343 e. The number of likely N-dealkylation sites (N-methyl/N-ethyl adjacent to an activating group) is 1. The van der Waals surface area contributed by atoms with E-state index in [2.05, 4.69) is 12.1 Å². The van der Waals surface area contributed by atoms with E-state index in [1.165, 1.54) is 5.56 Å². The van der Waals surface area contributed by atoms with Crippen LogP contribution in [0.25, 0.3) is 0 Å². The summed E-state index contributed by atoms with van der Waals surface area (Å²) in [6.07, 6.45) is 1.34. The number of halogens is 1. The summed E-state index contributed by atoms with van der Waals surface area (Å²) in [5.74, 6) is 0.151. The Kier molecular flexibility index (Phi) is 8.42. The molecule has 18 heavy (non-hydrogen) atoms. The predicted octanol–water partition coefficient (Wildman–Crippen LogP) is 2.24. The van der Waals surface area contributed by atoms with Crippen LogP contribution in [0.1, 0.15) is 25.8 Å². The molecule has 0 bridgehead atoms. The third-order valence-corrected chi connectivity index (χ3v) is 2.74. The average Bonchev–Trinajstić information content (AvgIpc) is 2.30. The van der Waals surface area contributed by atoms with Crippen LogP contribution in [0.3, 0.4) is 0 Å². The van der Waals surface area contributed by atoms with Crippen LogP contribution in [0.5, 0.6) is 0 Å². The Morgan fingerprint density at radius 1 is 1.33 bits per heavy atom. The minimum atomic E-state index is -0.0618. The van der Waals surface area contributed by atoms with Crippen LogP contribution in [0.15, 0.2) is 30.3 Å². The van der Waals surface area contributed by atoms with Crippen LogP contribution in [-0.2, 0) is 11.2 Å². The predicted molar refractivity (Wildman–Crippen MR) is 77.9 cm³/mol. The molecule has 0 aliphatic carbocycles. The number of hydrogen-bond acceptors (Lipinski definition) is 2. The summed E-state index contributed by atoms with van der Waals surface area (Å²) in [7, 11) is 0. The van der Waals surface area contributed by atoms with E-state index in [9.17, 15) is 4.79 Å². The van der Waals surface area contributed by atoms with Gasteiger partial charge in [0.25, 0.3) is 0 Å². The second kappa shape index (κ2) is 8.95. The van der Waals surface area contributed by atoms with Crippen molar-refractivity contribution in [3.63, 3.8) is 0 Å². The Balaban J connectivity index is 0.00000289. The van der Waals surface area contributed by atoms with Crippen molar-refractivity contribution in [2.24, 2.45) is 5.73 Å². The first-order chi connectivity index (χ1) is 8.13. The van der Waals surface area contributed by atoms with Gasteiger partial charge < -0.3 is 10.6 Å². The Hall–Kier alpha value is -1.06. The number of carbonyl (C=O) groups excluding carboxylic acids is 1. The molecule has 0 saturated carbocycles. The van der Waals surface area contributed by atoms with Crippen molar-refractivity contribution in [2.75, 3.05) is 13.1 Å². The zero-order valence-corrected chi connectivity index (χ0v) is 12.0. The Bertz CT molecular complexity index is 341. The first-order valence-electron chi connectivity index (χ1n) is 6.20. The summed E-state index contributed by atoms with van der Waals surface area (Å²) >= 11 is 0. The van der Waals surface area contributed by atoms with Gasteiger partial charge in [-0.2, -0.15) is 0 Å². The maximum atomic E-state index is 11.9. The molecule has 0 aromatic heterocycles. The molecule has 1 amide bonds. The molecule has 0 aliphatic heterocycles. The molecule has 0 aliphatic rings. The number of carbonyl (C=O) groups is 1. The Morgan fingerprint density at radius 3 is 2.44 bits per heavy atom. The molecule has 1 aromatic rings. The third-order valence-electron chi connectivity index (χ3n) is 2.74. The van der Waals surface area contributed by atoms with E-state index in [1.54, 1.807) is 0 Å². The lowest BCUT2D eigenvalue weighted by Gasteiger charge is -2.21. The second-order valence-electron chi connectivity index (χ2n) is 4.39. The molecular formula is C14H23ClN2O.